The molecular weight excluding hydrogens is 790 g/mol. The maximum Gasteiger partial charge on any atom is -0.147 e. The number of hydrogen-bond acceptors (Lipinski definition) is 0. The third-order valence-electron chi connectivity index (χ3n) is 9.90. The summed E-state index contributed by atoms with van der Waals surface area (Å²) in [5, 5.41) is 4.46. The summed E-state index contributed by atoms with van der Waals surface area (Å²) in [6.07, 6.45) is 5.03. The Morgan fingerprint density at radius 1 is 0.460 bits per heavy atom. The molecule has 0 amide bonds. The van der Waals surface area contributed by atoms with Gasteiger partial charge in [0.25, 0.3) is 0 Å². The maximum absolute atomic E-state index is 6.54. The van der Waals surface area contributed by atoms with E-state index in [1.165, 1.54) is 66.0 Å². The Morgan fingerprint density at radius 3 is 1.22 bits per heavy atom. The number of hydrogen-bond donors (Lipinski definition) is 0. The van der Waals surface area contributed by atoms with E-state index in [4.69, 9.17) is 23.2 Å². The van der Waals surface area contributed by atoms with Gasteiger partial charge < -0.3 is 0 Å². The molecule has 0 radical (unpaired) electrons. The summed E-state index contributed by atoms with van der Waals surface area (Å²) in [7, 11) is 0. The monoisotopic (exact) mass is 822 g/mol. The van der Waals surface area contributed by atoms with Crippen LogP contribution in [0.5, 0.6) is 0 Å². The van der Waals surface area contributed by atoms with Crippen molar-refractivity contribution in [2.45, 2.75) is 21.1 Å². The van der Waals surface area contributed by atoms with Crippen LogP contribution in [0, 0.1) is 0 Å². The molecule has 0 bridgehead atoms. The largest absolute Gasteiger partial charge is 0.147 e. The van der Waals surface area contributed by atoms with Crippen LogP contribution in [-0.2, 0) is 20.4 Å². The molecule has 6 aromatic carbocycles. The fourth-order valence-corrected chi connectivity index (χ4v) is 33.4. The van der Waals surface area contributed by atoms with Gasteiger partial charge in [0.15, 0.2) is 0 Å². The van der Waals surface area contributed by atoms with Crippen molar-refractivity contribution in [2.24, 2.45) is 0 Å². The van der Waals surface area contributed by atoms with Gasteiger partial charge in [0.1, 0.15) is 0 Å². The van der Waals surface area contributed by atoms with Gasteiger partial charge in [-0.05, 0) is 0 Å². The van der Waals surface area contributed by atoms with Gasteiger partial charge in [0.05, 0.1) is 0 Å². The molecule has 0 spiro atoms. The Kier molecular flexibility index (Phi) is 11.6. The topological polar surface area (TPSA) is 0 Å². The summed E-state index contributed by atoms with van der Waals surface area (Å²) in [5.74, 6) is 0. The van der Waals surface area contributed by atoms with Gasteiger partial charge in [0.2, 0.25) is 0 Å². The molecule has 50 heavy (non-hydrogen) atoms. The number of halogens is 4. The second kappa shape index (κ2) is 15.7. The molecule has 2 aliphatic rings. The van der Waals surface area contributed by atoms with E-state index in [9.17, 15) is 0 Å². The molecule has 0 nitrogen and oxygen atoms in total. The Bertz CT molecular complexity index is 2100. The molecule has 6 aromatic rings. The fraction of sp³-hybridized carbons (Fsp3) is 0.0909. The predicted molar refractivity (Wildman–Crippen MR) is 219 cm³/mol. The zero-order valence-electron chi connectivity index (χ0n) is 27.7. The summed E-state index contributed by atoms with van der Waals surface area (Å²) in [5.41, 5.74) is 12.8. The van der Waals surface area contributed by atoms with Crippen molar-refractivity contribution in [3.63, 3.8) is 0 Å². The van der Waals surface area contributed by atoms with Gasteiger partial charge in [-0.2, -0.15) is 0 Å². The summed E-state index contributed by atoms with van der Waals surface area (Å²) in [6, 6.07) is 53.4. The second-order valence-electron chi connectivity index (χ2n) is 12.8. The smallest absolute Gasteiger partial charge is 0.147 e. The van der Waals surface area contributed by atoms with Crippen LogP contribution in [0.25, 0.3) is 34.4 Å². The van der Waals surface area contributed by atoms with Crippen molar-refractivity contribution < 1.29 is 20.4 Å². The molecule has 2 unspecified atom stereocenters. The van der Waals surface area contributed by atoms with Gasteiger partial charge in [0, 0.05) is 0 Å². The first kappa shape index (κ1) is 36.8. The predicted octanol–water partition coefficient (Wildman–Crippen LogP) is 12.2. The Morgan fingerprint density at radius 2 is 0.840 bits per heavy atom. The first-order valence-corrected chi connectivity index (χ1v) is 25.2. The number of rotatable bonds is 6. The van der Waals surface area contributed by atoms with E-state index < -0.39 is 25.8 Å². The third kappa shape index (κ3) is 6.84. The Balaban J connectivity index is 0.00000216. The van der Waals surface area contributed by atoms with Crippen molar-refractivity contribution in [3.05, 3.63) is 189 Å². The molecule has 248 valence electrons. The van der Waals surface area contributed by atoms with Crippen molar-refractivity contribution >= 4 is 76.0 Å². The maximum atomic E-state index is 6.54. The van der Waals surface area contributed by atoms with E-state index in [1.54, 1.807) is 0 Å². The molecule has 0 saturated heterocycles. The van der Waals surface area contributed by atoms with Crippen molar-refractivity contribution in [3.8, 4) is 22.3 Å². The minimum absolute atomic E-state index is 0. The molecule has 6 heteroatoms. The van der Waals surface area contributed by atoms with Crippen LogP contribution in [-0.4, -0.2) is 5.43 Å². The number of allylic oxidation sites excluding steroid dienone is 2. The fourth-order valence-electron chi connectivity index (χ4n) is 7.86. The van der Waals surface area contributed by atoms with Crippen LogP contribution in [0.1, 0.15) is 43.4 Å². The van der Waals surface area contributed by atoms with Crippen LogP contribution in [0.2, 0.25) is 10.0 Å². The zero-order chi connectivity index (χ0) is 32.8. The molecule has 2 atom stereocenters. The van der Waals surface area contributed by atoms with E-state index in [1.807, 2.05) is 0 Å². The number of benzene rings is 6. The van der Waals surface area contributed by atoms with E-state index >= 15 is 0 Å². The normalized spacial score (nSPS) is 15.5. The van der Waals surface area contributed by atoms with Gasteiger partial charge >= 0.3 is 304 Å². The Hall–Kier alpha value is -2.94. The average Bonchev–Trinajstić information content (AvgIpc) is 3.64. The summed E-state index contributed by atoms with van der Waals surface area (Å²) in [6.45, 7) is 4.80. The SMILES string of the molecule is CC1=Cc2c(-c3ccccc3)cccc2[CH]1[Zr]([CH]1C(C)=Cc2c(-c3ccccc3)cccc21)=[Si](c1ccc(Cl)cc1)c1ccc(Cl)cc1.Cl.Cl. The van der Waals surface area contributed by atoms with Gasteiger partial charge in [-0.1, -0.05) is 0 Å². The molecule has 0 aliphatic heterocycles. The van der Waals surface area contributed by atoms with Gasteiger partial charge in [-0.25, -0.2) is 0 Å². The van der Waals surface area contributed by atoms with Gasteiger partial charge in [-0.3, -0.25) is 0 Å². The van der Waals surface area contributed by atoms with Crippen molar-refractivity contribution in [2.75, 3.05) is 0 Å². The third-order valence-corrected chi connectivity index (χ3v) is 31.6. The summed E-state index contributed by atoms with van der Waals surface area (Å²) in [4.78, 5) is 0. The molecule has 2 aliphatic carbocycles. The van der Waals surface area contributed by atoms with Crippen LogP contribution in [0.3, 0.4) is 0 Å². The zero-order valence-corrected chi connectivity index (χ0v) is 34.3. The van der Waals surface area contributed by atoms with Crippen LogP contribution in [0.4, 0.5) is 0 Å². The minimum Gasteiger partial charge on any atom is -0.147 e. The molecule has 0 saturated carbocycles. The quantitative estimate of drug-likeness (QED) is 0.147. The average molecular weight is 826 g/mol. The molecule has 0 aromatic heterocycles. The standard InChI is InChI=1S/2C16H13.C12H8Cl2Si.2ClH.Zr/c2*1-12-10-14-8-5-9-15(16(14)11-12)13-6-3-2-4-7-13;13-9-1-5-11(6-2-9)15-12-7-3-10(14)4-8-12;;;/h2*2-11H,1H3;1-8H;2*1H;. The minimum atomic E-state index is -2.77. The van der Waals surface area contributed by atoms with E-state index in [0.29, 0.717) is 7.25 Å². The van der Waals surface area contributed by atoms with Crippen LogP contribution in [0.15, 0.2) is 157 Å². The first-order chi connectivity index (χ1) is 23.5. The number of fused-ring (bicyclic) bond motifs is 2. The van der Waals surface area contributed by atoms with E-state index in [2.05, 4.69) is 172 Å². The molecule has 0 N–H and O–H groups in total. The van der Waals surface area contributed by atoms with Crippen LogP contribution >= 0.6 is 48.0 Å². The van der Waals surface area contributed by atoms with E-state index in [0.717, 1.165) is 10.0 Å². The summed E-state index contributed by atoms with van der Waals surface area (Å²) >= 11 is 10.3. The second-order valence-corrected chi connectivity index (χ2v) is 27.8. The molecule has 0 fully saturated rings. The molecular formula is C44H36Cl4SiZr. The van der Waals surface area contributed by atoms with E-state index in [-0.39, 0.29) is 24.8 Å². The van der Waals surface area contributed by atoms with Crippen molar-refractivity contribution in [1.82, 2.24) is 0 Å². The van der Waals surface area contributed by atoms with Crippen molar-refractivity contribution in [1.29, 1.82) is 0 Å². The molecule has 8 rings (SSSR count). The first-order valence-electron chi connectivity index (χ1n) is 16.5. The molecule has 0 heterocycles. The van der Waals surface area contributed by atoms with Gasteiger partial charge in [-0.15, -0.1) is 24.8 Å². The summed E-state index contributed by atoms with van der Waals surface area (Å²) < 4.78 is 0.844. The van der Waals surface area contributed by atoms with Crippen LogP contribution < -0.4 is 10.4 Å². The Labute approximate surface area is 325 Å².